The zero-order valence-corrected chi connectivity index (χ0v) is 10.1. The first-order chi connectivity index (χ1) is 8.08. The zero-order valence-electron chi connectivity index (χ0n) is 10.1. The molecule has 1 aromatic rings. The van der Waals surface area contributed by atoms with Gasteiger partial charge in [0.05, 0.1) is 19.3 Å². The largest absolute Gasteiger partial charge is 0.496 e. The van der Waals surface area contributed by atoms with Gasteiger partial charge in [-0.1, -0.05) is 0 Å². The van der Waals surface area contributed by atoms with Crippen LogP contribution in [0.25, 0.3) is 0 Å². The van der Waals surface area contributed by atoms with E-state index in [0.717, 1.165) is 18.4 Å². The van der Waals surface area contributed by atoms with E-state index >= 15 is 0 Å². The maximum absolute atomic E-state index is 13.8. The average Bonchev–Trinajstić information content (AvgIpc) is 3.01. The quantitative estimate of drug-likeness (QED) is 0.856. The van der Waals surface area contributed by atoms with Gasteiger partial charge >= 0.3 is 0 Å². The van der Waals surface area contributed by atoms with Crippen molar-refractivity contribution in [1.29, 1.82) is 0 Å². The van der Waals surface area contributed by atoms with Crippen molar-refractivity contribution in [2.24, 2.45) is 0 Å². The lowest BCUT2D eigenvalue weighted by Gasteiger charge is -2.13. The van der Waals surface area contributed by atoms with Crippen molar-refractivity contribution >= 4 is 0 Å². The fourth-order valence-electron chi connectivity index (χ4n) is 1.92. The Morgan fingerprint density at radius 2 is 2.00 bits per heavy atom. The highest BCUT2D eigenvalue weighted by Gasteiger charge is 2.40. The minimum atomic E-state index is -0.695. The van der Waals surface area contributed by atoms with Crippen molar-refractivity contribution in [3.05, 3.63) is 29.1 Å². The van der Waals surface area contributed by atoms with E-state index in [-0.39, 0.29) is 5.82 Å². The molecule has 1 aromatic carbocycles. The van der Waals surface area contributed by atoms with Crippen molar-refractivity contribution < 1.29 is 19.0 Å². The third-order valence-electron chi connectivity index (χ3n) is 3.10. The highest BCUT2D eigenvalue weighted by Crippen LogP contribution is 2.39. The molecule has 0 bridgehead atoms. The first-order valence-electron chi connectivity index (χ1n) is 5.64. The molecule has 17 heavy (non-hydrogen) atoms. The first-order valence-corrected chi connectivity index (χ1v) is 5.64. The second kappa shape index (κ2) is 4.63. The highest BCUT2D eigenvalue weighted by molar-refractivity contribution is 5.39. The molecule has 0 atom stereocenters. The molecule has 0 saturated heterocycles. The fourth-order valence-corrected chi connectivity index (χ4v) is 1.92. The van der Waals surface area contributed by atoms with Gasteiger partial charge in [-0.2, -0.15) is 0 Å². The van der Waals surface area contributed by atoms with Gasteiger partial charge in [0.1, 0.15) is 11.6 Å². The van der Waals surface area contributed by atoms with Gasteiger partial charge in [0.25, 0.3) is 0 Å². The summed E-state index contributed by atoms with van der Waals surface area (Å²) in [6.45, 7) is 0.370. The van der Waals surface area contributed by atoms with Crippen LogP contribution in [-0.2, 0) is 17.8 Å². The molecular formula is C13H17FO3. The topological polar surface area (TPSA) is 38.7 Å². The second-order valence-corrected chi connectivity index (χ2v) is 4.59. The molecule has 0 aromatic heterocycles. The van der Waals surface area contributed by atoms with E-state index in [1.807, 2.05) is 0 Å². The van der Waals surface area contributed by atoms with E-state index < -0.39 is 5.60 Å². The summed E-state index contributed by atoms with van der Waals surface area (Å²) < 4.78 is 23.9. The molecule has 0 amide bonds. The monoisotopic (exact) mass is 240 g/mol. The number of rotatable bonds is 5. The predicted molar refractivity (Wildman–Crippen MR) is 61.6 cm³/mol. The Hall–Kier alpha value is -1.13. The van der Waals surface area contributed by atoms with Crippen molar-refractivity contribution in [2.75, 3.05) is 14.2 Å². The molecule has 1 fully saturated rings. The van der Waals surface area contributed by atoms with Gasteiger partial charge in [0.15, 0.2) is 0 Å². The zero-order chi connectivity index (χ0) is 12.5. The Labute approximate surface area is 100 Å². The van der Waals surface area contributed by atoms with Gasteiger partial charge in [-0.15, -0.1) is 0 Å². The summed E-state index contributed by atoms with van der Waals surface area (Å²) in [5.41, 5.74) is 0.633. The standard InChI is InChI=1S/C13H17FO3/c1-16-8-10-5-9(7-13(15)3-4-13)11(14)6-12(10)17-2/h5-6,15H,3-4,7-8H2,1-2H3. The summed E-state index contributed by atoms with van der Waals surface area (Å²) in [7, 11) is 3.08. The number of halogens is 1. The third-order valence-corrected chi connectivity index (χ3v) is 3.10. The lowest BCUT2D eigenvalue weighted by atomic mass is 10.0. The van der Waals surface area contributed by atoms with Crippen LogP contribution in [0.3, 0.4) is 0 Å². The molecule has 1 saturated carbocycles. The predicted octanol–water partition coefficient (Wildman–Crippen LogP) is 2.05. The van der Waals surface area contributed by atoms with E-state index in [2.05, 4.69) is 0 Å². The van der Waals surface area contributed by atoms with E-state index in [9.17, 15) is 9.50 Å². The molecule has 0 radical (unpaired) electrons. The normalized spacial score (nSPS) is 16.9. The van der Waals surface area contributed by atoms with Gasteiger partial charge in [-0.3, -0.25) is 0 Å². The van der Waals surface area contributed by atoms with E-state index in [4.69, 9.17) is 9.47 Å². The molecule has 0 aliphatic heterocycles. The number of hydrogen-bond acceptors (Lipinski definition) is 3. The van der Waals surface area contributed by atoms with Gasteiger partial charge in [0.2, 0.25) is 0 Å². The van der Waals surface area contributed by atoms with Gasteiger partial charge in [-0.25, -0.2) is 4.39 Å². The van der Waals surface area contributed by atoms with Gasteiger partial charge < -0.3 is 14.6 Å². The molecule has 3 nitrogen and oxygen atoms in total. The molecule has 1 aliphatic carbocycles. The summed E-state index contributed by atoms with van der Waals surface area (Å²) in [4.78, 5) is 0. The van der Waals surface area contributed by atoms with Crippen LogP contribution in [0.15, 0.2) is 12.1 Å². The molecule has 1 N–H and O–H groups in total. The number of methoxy groups -OCH3 is 2. The molecule has 0 heterocycles. The molecule has 1 aliphatic rings. The average molecular weight is 240 g/mol. The molecule has 0 unspecified atom stereocenters. The number of ether oxygens (including phenoxy) is 2. The summed E-state index contributed by atoms with van der Waals surface area (Å²) in [5.74, 6) is 0.151. The van der Waals surface area contributed by atoms with Crippen LogP contribution in [0.1, 0.15) is 24.0 Å². The maximum Gasteiger partial charge on any atom is 0.130 e. The minimum absolute atomic E-state index is 0.331. The number of benzene rings is 1. The van der Waals surface area contributed by atoms with Crippen molar-refractivity contribution in [2.45, 2.75) is 31.5 Å². The third kappa shape index (κ3) is 2.76. The van der Waals surface area contributed by atoms with Crippen LogP contribution in [0, 0.1) is 5.82 Å². The lowest BCUT2D eigenvalue weighted by Crippen LogP contribution is -2.12. The molecule has 4 heteroatoms. The van der Waals surface area contributed by atoms with Gasteiger partial charge in [-0.05, 0) is 24.5 Å². The van der Waals surface area contributed by atoms with Crippen molar-refractivity contribution in [1.82, 2.24) is 0 Å². The Balaban J connectivity index is 2.28. The Kier molecular flexibility index (Phi) is 3.35. The molecular weight excluding hydrogens is 223 g/mol. The van der Waals surface area contributed by atoms with Crippen LogP contribution in [0.2, 0.25) is 0 Å². The van der Waals surface area contributed by atoms with Crippen LogP contribution >= 0.6 is 0 Å². The number of aliphatic hydroxyl groups is 1. The SMILES string of the molecule is COCc1cc(CC2(O)CC2)c(F)cc1OC. The van der Waals surface area contributed by atoms with Gasteiger partial charge in [0, 0.05) is 25.2 Å². The minimum Gasteiger partial charge on any atom is -0.496 e. The molecule has 94 valence electrons. The lowest BCUT2D eigenvalue weighted by molar-refractivity contribution is 0.149. The van der Waals surface area contributed by atoms with E-state index in [0.29, 0.717) is 24.3 Å². The number of hydrogen-bond donors (Lipinski definition) is 1. The Bertz CT molecular complexity index is 413. The van der Waals surface area contributed by atoms with Crippen molar-refractivity contribution in [3.63, 3.8) is 0 Å². The van der Waals surface area contributed by atoms with Crippen LogP contribution in [0.4, 0.5) is 4.39 Å². The summed E-state index contributed by atoms with van der Waals surface area (Å²) >= 11 is 0. The highest BCUT2D eigenvalue weighted by atomic mass is 19.1. The maximum atomic E-state index is 13.8. The molecule has 2 rings (SSSR count). The Morgan fingerprint density at radius 1 is 1.29 bits per heavy atom. The van der Waals surface area contributed by atoms with E-state index in [1.54, 1.807) is 13.2 Å². The van der Waals surface area contributed by atoms with Crippen LogP contribution in [-0.4, -0.2) is 24.9 Å². The Morgan fingerprint density at radius 3 is 2.53 bits per heavy atom. The summed E-state index contributed by atoms with van der Waals surface area (Å²) in [6, 6.07) is 3.07. The fraction of sp³-hybridized carbons (Fsp3) is 0.538. The second-order valence-electron chi connectivity index (χ2n) is 4.59. The van der Waals surface area contributed by atoms with Crippen molar-refractivity contribution in [3.8, 4) is 5.75 Å². The van der Waals surface area contributed by atoms with Crippen LogP contribution in [0.5, 0.6) is 5.75 Å². The first kappa shape index (κ1) is 12.3. The summed E-state index contributed by atoms with van der Waals surface area (Å²) in [5, 5.41) is 9.82. The van der Waals surface area contributed by atoms with E-state index in [1.165, 1.54) is 13.2 Å². The van der Waals surface area contributed by atoms with Crippen LogP contribution < -0.4 is 4.74 Å². The molecule has 0 spiro atoms. The summed E-state index contributed by atoms with van der Waals surface area (Å²) in [6.07, 6.45) is 1.86. The smallest absolute Gasteiger partial charge is 0.130 e.